The molecule has 86 valence electrons. The molecule has 0 aliphatic rings. The van der Waals surface area contributed by atoms with Gasteiger partial charge < -0.3 is 5.11 Å². The minimum atomic E-state index is -1.20. The summed E-state index contributed by atoms with van der Waals surface area (Å²) in [6, 6.07) is 4.55. The first kappa shape index (κ1) is 12.8. The predicted octanol–water partition coefficient (Wildman–Crippen LogP) is 1.74. The molecule has 0 radical (unpaired) electrons. The Balaban J connectivity index is 2.70. The van der Waals surface area contributed by atoms with Crippen molar-refractivity contribution in [2.24, 2.45) is 0 Å². The third kappa shape index (κ3) is 3.37. The average Bonchev–Trinajstić information content (AvgIpc) is 2.16. The first-order valence-electron chi connectivity index (χ1n) is 4.10. The van der Waals surface area contributed by atoms with Crippen LogP contribution in [0.5, 0.6) is 0 Å². The molecule has 1 aromatic rings. The van der Waals surface area contributed by atoms with E-state index in [1.54, 1.807) is 6.07 Å². The van der Waals surface area contributed by atoms with Crippen molar-refractivity contribution in [1.29, 1.82) is 0 Å². The fourth-order valence-corrected chi connectivity index (χ4v) is 1.50. The molecule has 0 unspecified atom stereocenters. The van der Waals surface area contributed by atoms with E-state index in [4.69, 9.17) is 28.3 Å². The monoisotopic (exact) mass is 263 g/mol. The van der Waals surface area contributed by atoms with Crippen molar-refractivity contribution in [3.63, 3.8) is 0 Å². The summed E-state index contributed by atoms with van der Waals surface area (Å²) in [5, 5.41) is 8.59. The smallest absolute Gasteiger partial charge is 0.332 e. The molecular weight excluding hydrogens is 257 g/mol. The highest BCUT2D eigenvalue weighted by molar-refractivity contribution is 6.39. The zero-order valence-electron chi connectivity index (χ0n) is 7.87. The van der Waals surface area contributed by atoms with Crippen LogP contribution in [-0.2, 0) is 9.63 Å². The lowest BCUT2D eigenvalue weighted by Crippen LogP contribution is -2.27. The molecule has 0 saturated heterocycles. The third-order valence-electron chi connectivity index (χ3n) is 1.55. The number of carboxylic acids is 1. The molecule has 0 bridgehead atoms. The number of aliphatic carboxylic acids is 1. The summed E-state index contributed by atoms with van der Waals surface area (Å²) in [5.41, 5.74) is 1.96. The van der Waals surface area contributed by atoms with E-state index in [-0.39, 0.29) is 15.6 Å². The molecule has 5 nitrogen and oxygen atoms in total. The third-order valence-corrected chi connectivity index (χ3v) is 2.18. The van der Waals surface area contributed by atoms with Crippen LogP contribution < -0.4 is 5.48 Å². The van der Waals surface area contributed by atoms with Crippen molar-refractivity contribution in [3.8, 4) is 0 Å². The van der Waals surface area contributed by atoms with Crippen molar-refractivity contribution >= 4 is 35.1 Å². The first-order chi connectivity index (χ1) is 7.52. The molecule has 0 heterocycles. The number of halogens is 2. The van der Waals surface area contributed by atoms with Crippen molar-refractivity contribution in [2.75, 3.05) is 6.61 Å². The number of hydrogen-bond acceptors (Lipinski definition) is 3. The number of hydrogen-bond donors (Lipinski definition) is 2. The molecule has 0 aliphatic heterocycles. The molecule has 1 rings (SSSR count). The van der Waals surface area contributed by atoms with Crippen LogP contribution in [0.1, 0.15) is 10.4 Å². The van der Waals surface area contributed by atoms with Gasteiger partial charge in [0.15, 0.2) is 6.61 Å². The second-order valence-corrected chi connectivity index (χ2v) is 3.52. The summed E-state index contributed by atoms with van der Waals surface area (Å²) < 4.78 is 0. The molecule has 0 aromatic heterocycles. The normalized spacial score (nSPS) is 9.88. The summed E-state index contributed by atoms with van der Waals surface area (Å²) in [4.78, 5) is 26.0. The van der Waals surface area contributed by atoms with E-state index in [0.717, 1.165) is 0 Å². The van der Waals surface area contributed by atoms with Gasteiger partial charge in [-0.15, -0.1) is 0 Å². The standard InChI is InChI=1S/C9H7Cl2NO4/c10-5-2-1-3-6(11)8(5)9(15)12-16-4-7(13)14/h1-3H,4H2,(H,12,15)(H,13,14). The summed E-state index contributed by atoms with van der Waals surface area (Å²) in [7, 11) is 0. The summed E-state index contributed by atoms with van der Waals surface area (Å²) in [6.07, 6.45) is 0. The predicted molar refractivity (Wildman–Crippen MR) is 57.5 cm³/mol. The number of hydroxylamine groups is 1. The Morgan fingerprint density at radius 1 is 1.31 bits per heavy atom. The fraction of sp³-hybridized carbons (Fsp3) is 0.111. The average molecular weight is 264 g/mol. The largest absolute Gasteiger partial charge is 0.479 e. The number of carbonyl (C=O) groups is 2. The van der Waals surface area contributed by atoms with Gasteiger partial charge in [-0.2, -0.15) is 0 Å². The van der Waals surface area contributed by atoms with Gasteiger partial charge in [-0.05, 0) is 12.1 Å². The van der Waals surface area contributed by atoms with Crippen LogP contribution in [0.2, 0.25) is 10.0 Å². The Morgan fingerprint density at radius 3 is 2.38 bits per heavy atom. The summed E-state index contributed by atoms with van der Waals surface area (Å²) >= 11 is 11.5. The Hall–Kier alpha value is -1.30. The highest BCUT2D eigenvalue weighted by atomic mass is 35.5. The quantitative estimate of drug-likeness (QED) is 0.812. The van der Waals surface area contributed by atoms with E-state index in [2.05, 4.69) is 4.84 Å². The Kier molecular flexibility index (Phi) is 4.54. The molecule has 2 N–H and O–H groups in total. The van der Waals surface area contributed by atoms with Gasteiger partial charge in [0.1, 0.15) is 0 Å². The SMILES string of the molecule is O=C(O)CONC(=O)c1c(Cl)cccc1Cl. The topological polar surface area (TPSA) is 75.6 Å². The zero-order valence-corrected chi connectivity index (χ0v) is 9.38. The van der Waals surface area contributed by atoms with E-state index in [1.807, 2.05) is 5.48 Å². The number of carboxylic acid groups (broad SMARTS) is 1. The van der Waals surface area contributed by atoms with Gasteiger partial charge in [0.2, 0.25) is 0 Å². The summed E-state index contributed by atoms with van der Waals surface area (Å²) in [5.74, 6) is -1.90. The van der Waals surface area contributed by atoms with Crippen LogP contribution in [0.15, 0.2) is 18.2 Å². The second kappa shape index (κ2) is 5.69. The van der Waals surface area contributed by atoms with Crippen molar-refractivity contribution in [3.05, 3.63) is 33.8 Å². The molecule has 1 amide bonds. The van der Waals surface area contributed by atoms with E-state index in [9.17, 15) is 9.59 Å². The van der Waals surface area contributed by atoms with Crippen LogP contribution in [0.25, 0.3) is 0 Å². The molecular formula is C9H7Cl2NO4. The highest BCUT2D eigenvalue weighted by Gasteiger charge is 2.14. The van der Waals surface area contributed by atoms with Crippen LogP contribution in [0.3, 0.4) is 0 Å². The van der Waals surface area contributed by atoms with Gasteiger partial charge in [-0.25, -0.2) is 10.3 Å². The van der Waals surface area contributed by atoms with Gasteiger partial charge in [-0.3, -0.25) is 9.63 Å². The van der Waals surface area contributed by atoms with E-state index < -0.39 is 18.5 Å². The molecule has 7 heteroatoms. The van der Waals surface area contributed by atoms with Crippen LogP contribution in [-0.4, -0.2) is 23.6 Å². The Labute approximate surface area is 101 Å². The minimum absolute atomic E-state index is 0.0382. The molecule has 1 aromatic carbocycles. The zero-order chi connectivity index (χ0) is 12.1. The van der Waals surface area contributed by atoms with Crippen LogP contribution in [0, 0.1) is 0 Å². The van der Waals surface area contributed by atoms with E-state index >= 15 is 0 Å². The second-order valence-electron chi connectivity index (χ2n) is 2.71. The molecule has 16 heavy (non-hydrogen) atoms. The first-order valence-corrected chi connectivity index (χ1v) is 4.86. The molecule has 0 fully saturated rings. The molecule has 0 saturated carbocycles. The molecule has 0 aliphatic carbocycles. The van der Waals surface area contributed by atoms with Gasteiger partial charge in [0.25, 0.3) is 5.91 Å². The van der Waals surface area contributed by atoms with Gasteiger partial charge >= 0.3 is 5.97 Å². The van der Waals surface area contributed by atoms with E-state index in [1.165, 1.54) is 12.1 Å². The van der Waals surface area contributed by atoms with Crippen LogP contribution in [0.4, 0.5) is 0 Å². The van der Waals surface area contributed by atoms with Gasteiger partial charge in [-0.1, -0.05) is 29.3 Å². The highest BCUT2D eigenvalue weighted by Crippen LogP contribution is 2.23. The van der Waals surface area contributed by atoms with Crippen molar-refractivity contribution in [2.45, 2.75) is 0 Å². The lowest BCUT2D eigenvalue weighted by molar-refractivity contribution is -0.144. The Morgan fingerprint density at radius 2 is 1.88 bits per heavy atom. The number of nitrogens with one attached hydrogen (secondary N) is 1. The number of benzene rings is 1. The van der Waals surface area contributed by atoms with Crippen molar-refractivity contribution in [1.82, 2.24) is 5.48 Å². The minimum Gasteiger partial charge on any atom is -0.479 e. The number of carbonyl (C=O) groups excluding carboxylic acids is 1. The summed E-state index contributed by atoms with van der Waals surface area (Å²) in [6.45, 7) is -0.645. The Bertz CT molecular complexity index is 402. The van der Waals surface area contributed by atoms with Gasteiger partial charge in [0.05, 0.1) is 15.6 Å². The molecule has 0 atom stereocenters. The van der Waals surface area contributed by atoms with Crippen molar-refractivity contribution < 1.29 is 19.5 Å². The van der Waals surface area contributed by atoms with Crippen LogP contribution >= 0.6 is 23.2 Å². The number of rotatable bonds is 4. The fourth-order valence-electron chi connectivity index (χ4n) is 0.929. The molecule has 0 spiro atoms. The number of amides is 1. The maximum absolute atomic E-state index is 11.5. The lowest BCUT2D eigenvalue weighted by Gasteiger charge is -2.06. The maximum atomic E-state index is 11.5. The maximum Gasteiger partial charge on any atom is 0.332 e. The van der Waals surface area contributed by atoms with Gasteiger partial charge in [0, 0.05) is 0 Å². The lowest BCUT2D eigenvalue weighted by atomic mass is 10.2. The van der Waals surface area contributed by atoms with E-state index in [0.29, 0.717) is 0 Å².